The summed E-state index contributed by atoms with van der Waals surface area (Å²) in [5.41, 5.74) is 0.237. The van der Waals surface area contributed by atoms with Crippen molar-refractivity contribution in [1.82, 2.24) is 10.0 Å². The predicted molar refractivity (Wildman–Crippen MR) is 90.4 cm³/mol. The molecule has 0 atom stereocenters. The normalized spacial score (nSPS) is 15.6. The van der Waals surface area contributed by atoms with Crippen molar-refractivity contribution in [2.24, 2.45) is 0 Å². The molecule has 1 aromatic rings. The first-order valence-corrected chi connectivity index (χ1v) is 8.84. The highest BCUT2D eigenvalue weighted by molar-refractivity contribution is 7.89. The lowest BCUT2D eigenvalue weighted by molar-refractivity contribution is -0.143. The fourth-order valence-corrected chi connectivity index (χ4v) is 3.45. The quantitative estimate of drug-likeness (QED) is 0.536. The van der Waals surface area contributed by atoms with Gasteiger partial charge in [-0.1, -0.05) is 19.1 Å². The van der Waals surface area contributed by atoms with Crippen molar-refractivity contribution < 1.29 is 17.9 Å². The van der Waals surface area contributed by atoms with Gasteiger partial charge in [-0.05, 0) is 37.1 Å². The van der Waals surface area contributed by atoms with Crippen LogP contribution in [0.2, 0.25) is 0 Å². The Balaban J connectivity index is 0.00000264. The van der Waals surface area contributed by atoms with Gasteiger partial charge in [-0.15, -0.1) is 12.4 Å². The van der Waals surface area contributed by atoms with Crippen LogP contribution < -0.4 is 10.0 Å². The van der Waals surface area contributed by atoms with Crippen LogP contribution in [0.15, 0.2) is 29.2 Å². The number of benzene rings is 1. The Hall–Kier alpha value is -1.15. The number of hydrogen-bond donors (Lipinski definition) is 2. The highest BCUT2D eigenvalue weighted by atomic mass is 35.5. The fraction of sp³-hybridized carbons (Fsp3) is 0.533. The van der Waals surface area contributed by atoms with Gasteiger partial charge >= 0.3 is 5.97 Å². The van der Waals surface area contributed by atoms with E-state index in [4.69, 9.17) is 4.74 Å². The molecule has 0 aromatic heterocycles. The van der Waals surface area contributed by atoms with E-state index in [9.17, 15) is 13.2 Å². The number of rotatable bonds is 8. The first kappa shape index (κ1) is 19.9. The third-order valence-electron chi connectivity index (χ3n) is 3.89. The van der Waals surface area contributed by atoms with Crippen LogP contribution in [0, 0.1) is 0 Å². The van der Waals surface area contributed by atoms with Crippen LogP contribution in [0.1, 0.15) is 25.3 Å². The van der Waals surface area contributed by atoms with Crippen LogP contribution in [0.25, 0.3) is 0 Å². The van der Waals surface area contributed by atoms with Crippen LogP contribution in [0.4, 0.5) is 0 Å². The second kappa shape index (κ2) is 8.10. The SMILES string of the molecule is CCNCCNS(=O)(=O)c1ccc(C2(C(=O)OC)CC2)cc1.Cl. The first-order valence-electron chi connectivity index (χ1n) is 7.35. The highest BCUT2D eigenvalue weighted by Crippen LogP contribution is 2.49. The minimum absolute atomic E-state index is 0. The number of likely N-dealkylation sites (N-methyl/N-ethyl adjacent to an activating group) is 1. The number of carbonyl (C=O) groups is 1. The number of esters is 1. The molecule has 1 fully saturated rings. The van der Waals surface area contributed by atoms with Crippen molar-refractivity contribution in [1.29, 1.82) is 0 Å². The maximum absolute atomic E-state index is 12.1. The van der Waals surface area contributed by atoms with Crippen LogP contribution in [0.5, 0.6) is 0 Å². The molecule has 1 aliphatic carbocycles. The van der Waals surface area contributed by atoms with Crippen LogP contribution in [0.3, 0.4) is 0 Å². The molecule has 1 aromatic carbocycles. The number of sulfonamides is 1. The summed E-state index contributed by atoms with van der Waals surface area (Å²) in [6.45, 7) is 3.68. The molecule has 0 unspecified atom stereocenters. The largest absolute Gasteiger partial charge is 0.468 e. The third-order valence-corrected chi connectivity index (χ3v) is 5.36. The van der Waals surface area contributed by atoms with Gasteiger partial charge in [-0.3, -0.25) is 4.79 Å². The minimum atomic E-state index is -3.51. The van der Waals surface area contributed by atoms with Crippen molar-refractivity contribution in [3.05, 3.63) is 29.8 Å². The van der Waals surface area contributed by atoms with Gasteiger partial charge in [0.2, 0.25) is 10.0 Å². The molecule has 0 heterocycles. The second-order valence-corrected chi connectivity index (χ2v) is 7.12. The van der Waals surface area contributed by atoms with Gasteiger partial charge < -0.3 is 10.1 Å². The van der Waals surface area contributed by atoms with Crippen molar-refractivity contribution in [3.63, 3.8) is 0 Å². The molecule has 0 radical (unpaired) electrons. The van der Waals surface area contributed by atoms with E-state index in [0.717, 1.165) is 24.9 Å². The lowest BCUT2D eigenvalue weighted by atomic mass is 9.96. The van der Waals surface area contributed by atoms with E-state index in [2.05, 4.69) is 10.0 Å². The van der Waals surface area contributed by atoms with Gasteiger partial charge in [0.1, 0.15) is 0 Å². The maximum Gasteiger partial charge on any atom is 0.316 e. The molecule has 0 bridgehead atoms. The number of methoxy groups -OCH3 is 1. The van der Waals surface area contributed by atoms with E-state index in [0.29, 0.717) is 13.1 Å². The van der Waals surface area contributed by atoms with E-state index in [1.54, 1.807) is 12.1 Å². The van der Waals surface area contributed by atoms with Crippen LogP contribution in [-0.4, -0.2) is 41.1 Å². The standard InChI is InChI=1S/C15H22N2O4S.ClH/c1-3-16-10-11-17-22(19,20)13-6-4-12(5-7-13)15(8-9-15)14(18)21-2;/h4-7,16-17H,3,8-11H2,1-2H3;1H. The van der Waals surface area contributed by atoms with Gasteiger partial charge in [0.15, 0.2) is 0 Å². The summed E-state index contributed by atoms with van der Waals surface area (Å²) in [6, 6.07) is 6.47. The van der Waals surface area contributed by atoms with Gasteiger partial charge in [-0.25, -0.2) is 13.1 Å². The molecule has 6 nitrogen and oxygen atoms in total. The molecular formula is C15H23ClN2O4S. The number of carbonyl (C=O) groups excluding carboxylic acids is 1. The van der Waals surface area contributed by atoms with E-state index in [1.165, 1.54) is 19.2 Å². The zero-order chi connectivity index (χ0) is 16.2. The first-order chi connectivity index (χ1) is 10.5. The number of ether oxygens (including phenoxy) is 1. The molecule has 0 aliphatic heterocycles. The van der Waals surface area contributed by atoms with Gasteiger partial charge in [-0.2, -0.15) is 0 Å². The van der Waals surface area contributed by atoms with Crippen molar-refractivity contribution in [3.8, 4) is 0 Å². The third kappa shape index (κ3) is 4.44. The Morgan fingerprint density at radius 2 is 1.83 bits per heavy atom. The van der Waals surface area contributed by atoms with E-state index in [-0.39, 0.29) is 23.3 Å². The van der Waals surface area contributed by atoms with Crippen LogP contribution >= 0.6 is 12.4 Å². The molecule has 8 heteroatoms. The summed E-state index contributed by atoms with van der Waals surface area (Å²) >= 11 is 0. The summed E-state index contributed by atoms with van der Waals surface area (Å²) in [7, 11) is -2.14. The summed E-state index contributed by atoms with van der Waals surface area (Å²) in [4.78, 5) is 12.0. The lowest BCUT2D eigenvalue weighted by Gasteiger charge is -2.13. The molecule has 1 aliphatic rings. The van der Waals surface area contributed by atoms with E-state index < -0.39 is 15.4 Å². The summed E-state index contributed by atoms with van der Waals surface area (Å²) in [5.74, 6) is -0.258. The number of halogens is 1. The minimum Gasteiger partial charge on any atom is -0.468 e. The summed E-state index contributed by atoms with van der Waals surface area (Å²) < 4.78 is 31.6. The van der Waals surface area contributed by atoms with Crippen molar-refractivity contribution in [2.75, 3.05) is 26.7 Å². The molecule has 23 heavy (non-hydrogen) atoms. The average Bonchev–Trinajstić information content (AvgIpc) is 3.33. The number of hydrogen-bond acceptors (Lipinski definition) is 5. The van der Waals surface area contributed by atoms with E-state index >= 15 is 0 Å². The second-order valence-electron chi connectivity index (χ2n) is 5.35. The Kier molecular flexibility index (Phi) is 7.01. The molecule has 130 valence electrons. The number of nitrogens with one attached hydrogen (secondary N) is 2. The maximum atomic E-state index is 12.1. The molecule has 1 saturated carbocycles. The monoisotopic (exact) mass is 362 g/mol. The molecule has 0 saturated heterocycles. The Labute approximate surface area is 143 Å². The highest BCUT2D eigenvalue weighted by Gasteiger charge is 2.52. The fourth-order valence-electron chi connectivity index (χ4n) is 2.42. The topological polar surface area (TPSA) is 84.5 Å². The van der Waals surface area contributed by atoms with Gasteiger partial charge in [0.25, 0.3) is 0 Å². The molecular weight excluding hydrogens is 340 g/mol. The molecule has 2 N–H and O–H groups in total. The molecule has 0 amide bonds. The Morgan fingerprint density at radius 1 is 1.22 bits per heavy atom. The average molecular weight is 363 g/mol. The predicted octanol–water partition coefficient (Wildman–Crippen LogP) is 1.20. The lowest BCUT2D eigenvalue weighted by Crippen LogP contribution is -2.31. The molecule has 0 spiro atoms. The zero-order valence-corrected chi connectivity index (χ0v) is 14.9. The zero-order valence-electron chi connectivity index (χ0n) is 13.3. The van der Waals surface area contributed by atoms with Crippen molar-refractivity contribution >= 4 is 28.4 Å². The smallest absolute Gasteiger partial charge is 0.316 e. The van der Waals surface area contributed by atoms with Gasteiger partial charge in [0.05, 0.1) is 17.4 Å². The Bertz CT molecular complexity index is 627. The molecule has 2 rings (SSSR count). The van der Waals surface area contributed by atoms with Crippen LogP contribution in [-0.2, 0) is 25.0 Å². The Morgan fingerprint density at radius 3 is 2.30 bits per heavy atom. The summed E-state index contributed by atoms with van der Waals surface area (Å²) in [6.07, 6.45) is 1.49. The summed E-state index contributed by atoms with van der Waals surface area (Å²) in [5, 5.41) is 3.05. The van der Waals surface area contributed by atoms with E-state index in [1.807, 2.05) is 6.92 Å². The van der Waals surface area contributed by atoms with Gasteiger partial charge in [0, 0.05) is 13.1 Å². The van der Waals surface area contributed by atoms with Crippen molar-refractivity contribution in [2.45, 2.75) is 30.1 Å².